The van der Waals surface area contributed by atoms with Crippen molar-refractivity contribution in [2.75, 3.05) is 26.4 Å². The van der Waals surface area contributed by atoms with Crippen LogP contribution in [0.1, 0.15) is 226 Å². The van der Waals surface area contributed by atoms with Gasteiger partial charge in [-0.25, -0.2) is 4.57 Å². The van der Waals surface area contributed by atoms with Gasteiger partial charge in [-0.1, -0.05) is 206 Å². The van der Waals surface area contributed by atoms with Crippen molar-refractivity contribution in [2.24, 2.45) is 0 Å². The monoisotopic (exact) mass is 1080 g/mol. The van der Waals surface area contributed by atoms with Crippen LogP contribution in [0, 0.1) is 0 Å². The molecule has 0 aromatic heterocycles. The number of hydrogen-bond donors (Lipinski definition) is 2. The van der Waals surface area contributed by atoms with E-state index in [0.717, 1.165) is 135 Å². The quantitative estimate of drug-likeness (QED) is 0.0197. The van der Waals surface area contributed by atoms with E-state index in [2.05, 4.69) is 136 Å². The first-order chi connectivity index (χ1) is 37.2. The third-order valence-electron chi connectivity index (χ3n) is 11.8. The molecule has 0 aliphatic heterocycles. The fraction of sp³-hybridized carbons (Fsp3) is 0.641. The molecule has 0 saturated heterocycles. The number of rotatable bonds is 53. The fourth-order valence-corrected chi connectivity index (χ4v) is 8.16. The predicted octanol–water partition coefficient (Wildman–Crippen LogP) is 17.6. The maximum atomic E-state index is 12.9. The van der Waals surface area contributed by atoms with Crippen molar-refractivity contribution in [3.8, 4) is 0 Å². The second-order valence-electron chi connectivity index (χ2n) is 19.1. The van der Waals surface area contributed by atoms with Crippen LogP contribution in [0.25, 0.3) is 0 Å². The van der Waals surface area contributed by atoms with Crippen LogP contribution in [-0.4, -0.2) is 66.5 Å². The summed E-state index contributed by atoms with van der Waals surface area (Å²) >= 11 is 0. The molecule has 11 nitrogen and oxygen atoms in total. The van der Waals surface area contributed by atoms with Crippen LogP contribution in [0.2, 0.25) is 0 Å². The first-order valence-electron chi connectivity index (χ1n) is 29.4. The highest BCUT2D eigenvalue weighted by atomic mass is 31.2. The molecule has 0 fully saturated rings. The highest BCUT2D eigenvalue weighted by Gasteiger charge is 2.28. The van der Waals surface area contributed by atoms with Crippen LogP contribution in [0.15, 0.2) is 122 Å². The number of allylic oxidation sites excluding steroid dienone is 20. The number of carbonyl (C=O) groups excluding carboxylic acids is 3. The third-order valence-corrected chi connectivity index (χ3v) is 12.8. The van der Waals surface area contributed by atoms with Crippen LogP contribution in [-0.2, 0) is 42.2 Å². The summed E-state index contributed by atoms with van der Waals surface area (Å²) in [4.78, 5) is 48.6. The molecular weight excluding hydrogens is 976 g/mol. The Hall–Kier alpha value is -4.12. The van der Waals surface area contributed by atoms with Gasteiger partial charge in [-0.2, -0.15) is 0 Å². The molecule has 3 unspecified atom stereocenters. The largest absolute Gasteiger partial charge is 0.472 e. The molecular formula is C64H105O11P. The van der Waals surface area contributed by atoms with E-state index in [4.69, 9.17) is 23.3 Å². The number of hydrogen-bond acceptors (Lipinski definition) is 10. The van der Waals surface area contributed by atoms with Crippen molar-refractivity contribution in [2.45, 2.75) is 238 Å². The van der Waals surface area contributed by atoms with E-state index in [0.29, 0.717) is 25.7 Å². The average molecular weight is 1080 g/mol. The van der Waals surface area contributed by atoms with Gasteiger partial charge in [0, 0.05) is 19.3 Å². The van der Waals surface area contributed by atoms with Crippen LogP contribution >= 0.6 is 7.82 Å². The molecule has 0 aromatic rings. The van der Waals surface area contributed by atoms with Crippen molar-refractivity contribution >= 4 is 25.7 Å². The summed E-state index contributed by atoms with van der Waals surface area (Å²) in [5, 5.41) is 9.81. The van der Waals surface area contributed by atoms with E-state index in [-0.39, 0.29) is 25.9 Å². The first-order valence-corrected chi connectivity index (χ1v) is 30.9. The summed E-state index contributed by atoms with van der Waals surface area (Å²) in [7, 11) is -4.78. The van der Waals surface area contributed by atoms with E-state index in [1.165, 1.54) is 25.7 Å². The highest BCUT2D eigenvalue weighted by molar-refractivity contribution is 7.47. The second-order valence-corrected chi connectivity index (χ2v) is 20.5. The lowest BCUT2D eigenvalue weighted by Crippen LogP contribution is -2.30. The fourth-order valence-electron chi connectivity index (χ4n) is 7.38. The predicted molar refractivity (Wildman–Crippen MR) is 316 cm³/mol. The zero-order valence-corrected chi connectivity index (χ0v) is 48.6. The molecule has 0 heterocycles. The maximum Gasteiger partial charge on any atom is 0.472 e. The van der Waals surface area contributed by atoms with Crippen molar-refractivity contribution in [3.05, 3.63) is 122 Å². The Bertz CT molecular complexity index is 1740. The van der Waals surface area contributed by atoms with Gasteiger partial charge in [-0.3, -0.25) is 23.4 Å². The third kappa shape index (κ3) is 54.7. The molecule has 0 radical (unpaired) electrons. The van der Waals surface area contributed by atoms with Crippen molar-refractivity contribution in [3.63, 3.8) is 0 Å². The molecule has 0 spiro atoms. The molecule has 0 rings (SSSR count). The van der Waals surface area contributed by atoms with Crippen molar-refractivity contribution in [1.29, 1.82) is 0 Å². The Kier molecular flexibility index (Phi) is 54.0. The lowest BCUT2D eigenvalue weighted by atomic mass is 10.1. The number of ether oxygens (including phenoxy) is 3. The average Bonchev–Trinajstić information content (AvgIpc) is 3.41. The van der Waals surface area contributed by atoms with Gasteiger partial charge in [-0.15, -0.1) is 0 Å². The van der Waals surface area contributed by atoms with E-state index >= 15 is 0 Å². The van der Waals surface area contributed by atoms with Gasteiger partial charge in [0.25, 0.3) is 0 Å². The molecule has 432 valence electrons. The summed E-state index contributed by atoms with van der Waals surface area (Å²) in [6.07, 6.45) is 70.2. The molecule has 0 amide bonds. The van der Waals surface area contributed by atoms with Gasteiger partial charge in [0.1, 0.15) is 12.7 Å². The van der Waals surface area contributed by atoms with E-state index in [9.17, 15) is 28.9 Å². The number of carbonyl (C=O) groups is 3. The molecule has 0 aliphatic rings. The van der Waals surface area contributed by atoms with E-state index in [1.54, 1.807) is 0 Å². The minimum absolute atomic E-state index is 0.133. The molecule has 0 aliphatic carbocycles. The zero-order chi connectivity index (χ0) is 55.5. The minimum Gasteiger partial charge on any atom is -0.462 e. The topological polar surface area (TPSA) is 155 Å². The smallest absolute Gasteiger partial charge is 0.462 e. The van der Waals surface area contributed by atoms with Crippen LogP contribution in [0.3, 0.4) is 0 Å². The zero-order valence-electron chi connectivity index (χ0n) is 47.7. The number of aliphatic hydroxyl groups excluding tert-OH is 1. The van der Waals surface area contributed by atoms with E-state index < -0.39 is 57.8 Å². The summed E-state index contributed by atoms with van der Waals surface area (Å²) < 4.78 is 39.5. The maximum absolute atomic E-state index is 12.9. The molecule has 0 aromatic carbocycles. The second kappa shape index (κ2) is 57.1. The molecule has 0 bridgehead atoms. The number of unbranched alkanes of at least 4 members (excludes halogenated alkanes) is 16. The van der Waals surface area contributed by atoms with Gasteiger partial charge in [0.15, 0.2) is 6.10 Å². The summed E-state index contributed by atoms with van der Waals surface area (Å²) in [6, 6.07) is 0. The van der Waals surface area contributed by atoms with Crippen LogP contribution in [0.4, 0.5) is 0 Å². The lowest BCUT2D eigenvalue weighted by Gasteiger charge is -2.21. The standard InChI is InChI=1S/C64H105O11P/c1-4-7-10-13-16-19-22-25-27-29-30-32-34-37-40-43-46-49-52-55-64(68)75-61(57-71-62(66)53-50-47-44-41-38-36-33-31-28-26-23-20-17-14-11-8-5-2)59-73-76(69,70)72-58-60(56-65)74-63(67)54-51-48-45-42-39-35-24-21-18-15-12-9-6-3/h8,11-12,15-17,19-21,24-28,30,32-33,36,41,44,60-61,65H,4-7,9-10,13-14,18,22-23,29,31,34-35,37-40,42-43,45-59H2,1-3H3,(H,69,70)/b11-8-,15-12-,19-16-,20-17-,24-21-,27-25-,28-26-,32-30-,36-33-,44-41-. The SMILES string of the molecule is CC/C=C\C/C=C\C/C=C\C/C=C\C/C=C\CCCC(=O)OCC(COP(=O)(O)OCC(CO)OC(=O)CCCCCCC/C=C\C/C=C\CCC)OC(=O)CCCCCCCC/C=C\C/C=C\C/C=C\CCCCC. The van der Waals surface area contributed by atoms with Gasteiger partial charge < -0.3 is 24.2 Å². The number of aliphatic hydroxyl groups is 1. The first kappa shape index (κ1) is 71.9. The number of phosphoric acid groups is 1. The lowest BCUT2D eigenvalue weighted by molar-refractivity contribution is -0.161. The van der Waals surface area contributed by atoms with Crippen molar-refractivity contribution < 1.29 is 52.2 Å². The molecule has 0 saturated carbocycles. The summed E-state index contributed by atoms with van der Waals surface area (Å²) in [5.74, 6) is -1.58. The Morgan fingerprint density at radius 1 is 0.382 bits per heavy atom. The normalized spacial score (nSPS) is 14.2. The Labute approximate surface area is 462 Å². The van der Waals surface area contributed by atoms with Gasteiger partial charge >= 0.3 is 25.7 Å². The van der Waals surface area contributed by atoms with E-state index in [1.807, 2.05) is 6.08 Å². The van der Waals surface area contributed by atoms with Crippen LogP contribution < -0.4 is 0 Å². The highest BCUT2D eigenvalue weighted by Crippen LogP contribution is 2.43. The number of phosphoric ester groups is 1. The molecule has 12 heteroatoms. The van der Waals surface area contributed by atoms with Gasteiger partial charge in [0.2, 0.25) is 0 Å². The summed E-state index contributed by atoms with van der Waals surface area (Å²) in [5.41, 5.74) is 0. The Morgan fingerprint density at radius 3 is 1.14 bits per heavy atom. The Balaban J connectivity index is 4.86. The minimum atomic E-state index is -4.78. The molecule has 76 heavy (non-hydrogen) atoms. The van der Waals surface area contributed by atoms with Gasteiger partial charge in [0.05, 0.1) is 19.8 Å². The van der Waals surface area contributed by atoms with Gasteiger partial charge in [-0.05, 0) is 122 Å². The van der Waals surface area contributed by atoms with Crippen LogP contribution in [0.5, 0.6) is 0 Å². The Morgan fingerprint density at radius 2 is 0.724 bits per heavy atom. The van der Waals surface area contributed by atoms with Crippen molar-refractivity contribution in [1.82, 2.24) is 0 Å². The summed E-state index contributed by atoms with van der Waals surface area (Å²) in [6.45, 7) is 4.33. The molecule has 3 atom stereocenters. The molecule has 2 N–H and O–H groups in total. The number of esters is 3.